The molecule has 5 nitrogen and oxygen atoms in total. The maximum atomic E-state index is 11.6. The Labute approximate surface area is 84.7 Å². The predicted molar refractivity (Wildman–Crippen MR) is 53.6 cm³/mol. The molecule has 1 aromatic heterocycles. The van der Waals surface area contributed by atoms with Crippen LogP contribution in [0.2, 0.25) is 0 Å². The van der Waals surface area contributed by atoms with Crippen LogP contribution in [0.25, 0.3) is 11.0 Å². The third-order valence-electron chi connectivity index (χ3n) is 2.42. The van der Waals surface area contributed by atoms with Crippen LogP contribution in [0, 0.1) is 0 Å². The van der Waals surface area contributed by atoms with Crippen molar-refractivity contribution in [2.24, 2.45) is 0 Å². The number of para-hydroxylation sites is 1. The molecule has 1 N–H and O–H groups in total. The van der Waals surface area contributed by atoms with Gasteiger partial charge in [0.25, 0.3) is 0 Å². The zero-order valence-corrected chi connectivity index (χ0v) is 7.73. The summed E-state index contributed by atoms with van der Waals surface area (Å²) in [6.07, 6.45) is 1.32. The summed E-state index contributed by atoms with van der Waals surface area (Å²) in [5.41, 5.74) is 2.03. The first-order chi connectivity index (χ1) is 7.25. The van der Waals surface area contributed by atoms with Crippen molar-refractivity contribution in [1.29, 1.82) is 0 Å². The van der Waals surface area contributed by atoms with E-state index in [-0.39, 0.29) is 18.2 Å². The fourth-order valence-corrected chi connectivity index (χ4v) is 1.77. The number of carbonyl (C=O) groups excluding carboxylic acids is 2. The highest BCUT2D eigenvalue weighted by molar-refractivity contribution is 6.13. The molecular weight excluding hydrogens is 194 g/mol. The van der Waals surface area contributed by atoms with Crippen molar-refractivity contribution in [3.63, 3.8) is 0 Å². The summed E-state index contributed by atoms with van der Waals surface area (Å²) in [5.74, 6) is -0.531. The maximum Gasteiger partial charge on any atom is 0.241 e. The van der Waals surface area contributed by atoms with Gasteiger partial charge in [-0.2, -0.15) is 0 Å². The molecule has 0 saturated heterocycles. The monoisotopic (exact) mass is 201 g/mol. The Hall–Kier alpha value is -2.17. The number of hydrogen-bond donors (Lipinski definition) is 1. The van der Waals surface area contributed by atoms with Crippen LogP contribution in [0.4, 0.5) is 5.69 Å². The molecule has 74 valence electrons. The lowest BCUT2D eigenvalue weighted by atomic mass is 10.2. The first-order valence-electron chi connectivity index (χ1n) is 4.55. The van der Waals surface area contributed by atoms with Gasteiger partial charge in [0, 0.05) is 0 Å². The lowest BCUT2D eigenvalue weighted by Gasteiger charge is -2.01. The number of aromatic nitrogens is 2. The Bertz CT molecular complexity index is 585. The summed E-state index contributed by atoms with van der Waals surface area (Å²) >= 11 is 0. The molecule has 3 rings (SSSR count). The average Bonchev–Trinajstić information content (AvgIpc) is 2.56. The van der Waals surface area contributed by atoms with E-state index in [1.54, 1.807) is 18.2 Å². The largest absolute Gasteiger partial charge is 0.324 e. The molecule has 2 heterocycles. The summed E-state index contributed by atoms with van der Waals surface area (Å²) < 4.78 is 1.42. The quantitative estimate of drug-likeness (QED) is 0.647. The number of rotatable bonds is 0. The van der Waals surface area contributed by atoms with Gasteiger partial charge in [0.2, 0.25) is 11.8 Å². The molecule has 1 amide bonds. The average molecular weight is 201 g/mol. The third kappa shape index (κ3) is 1.06. The third-order valence-corrected chi connectivity index (χ3v) is 2.42. The molecule has 1 aliphatic rings. The van der Waals surface area contributed by atoms with Gasteiger partial charge in [-0.05, 0) is 12.1 Å². The molecule has 0 saturated carbocycles. The Balaban J connectivity index is 2.42. The Morgan fingerprint density at radius 2 is 2.20 bits per heavy atom. The maximum absolute atomic E-state index is 11.6. The van der Waals surface area contributed by atoms with Gasteiger partial charge < -0.3 is 5.32 Å². The van der Waals surface area contributed by atoms with Crippen molar-refractivity contribution >= 4 is 28.5 Å². The Kier molecular flexibility index (Phi) is 1.45. The normalized spacial score (nSPS) is 15.2. The van der Waals surface area contributed by atoms with E-state index in [0.29, 0.717) is 16.7 Å². The van der Waals surface area contributed by atoms with E-state index >= 15 is 0 Å². The van der Waals surface area contributed by atoms with E-state index in [1.165, 1.54) is 10.9 Å². The van der Waals surface area contributed by atoms with E-state index in [2.05, 4.69) is 10.3 Å². The molecular formula is C10H7N3O2. The van der Waals surface area contributed by atoms with Gasteiger partial charge in [0.05, 0.1) is 16.7 Å². The highest BCUT2D eigenvalue weighted by Crippen LogP contribution is 2.25. The van der Waals surface area contributed by atoms with Gasteiger partial charge in [-0.3, -0.25) is 14.2 Å². The Morgan fingerprint density at radius 1 is 1.33 bits per heavy atom. The second kappa shape index (κ2) is 2.66. The van der Waals surface area contributed by atoms with Crippen molar-refractivity contribution in [2.45, 2.75) is 6.42 Å². The fraction of sp³-hybridized carbons (Fsp3) is 0.100. The molecule has 2 aromatic rings. The minimum absolute atomic E-state index is 0.139. The smallest absolute Gasteiger partial charge is 0.241 e. The van der Waals surface area contributed by atoms with Crippen LogP contribution in [-0.2, 0) is 4.79 Å². The van der Waals surface area contributed by atoms with Gasteiger partial charge in [0.15, 0.2) is 0 Å². The van der Waals surface area contributed by atoms with Crippen LogP contribution >= 0.6 is 0 Å². The molecule has 0 radical (unpaired) electrons. The van der Waals surface area contributed by atoms with Crippen molar-refractivity contribution < 1.29 is 9.59 Å². The number of anilines is 1. The molecule has 1 aliphatic heterocycles. The molecule has 0 spiro atoms. The number of imidazole rings is 1. The molecule has 0 fully saturated rings. The summed E-state index contributed by atoms with van der Waals surface area (Å²) in [5, 5.41) is 2.68. The van der Waals surface area contributed by atoms with Crippen molar-refractivity contribution in [3.8, 4) is 0 Å². The number of nitrogens with one attached hydrogen (secondary N) is 1. The minimum atomic E-state index is -0.281. The van der Waals surface area contributed by atoms with E-state index < -0.39 is 0 Å². The fourth-order valence-electron chi connectivity index (χ4n) is 1.77. The number of amides is 1. The zero-order valence-electron chi connectivity index (χ0n) is 7.73. The van der Waals surface area contributed by atoms with Crippen molar-refractivity contribution in [1.82, 2.24) is 9.55 Å². The van der Waals surface area contributed by atoms with E-state index in [1.807, 2.05) is 0 Å². The van der Waals surface area contributed by atoms with Gasteiger partial charge in [0.1, 0.15) is 12.7 Å². The molecule has 5 heteroatoms. The van der Waals surface area contributed by atoms with Crippen LogP contribution in [0.5, 0.6) is 0 Å². The van der Waals surface area contributed by atoms with Gasteiger partial charge in [-0.1, -0.05) is 6.07 Å². The van der Waals surface area contributed by atoms with Gasteiger partial charge in [-0.25, -0.2) is 4.98 Å². The molecule has 15 heavy (non-hydrogen) atoms. The summed E-state index contributed by atoms with van der Waals surface area (Å²) in [6.45, 7) is 0. The van der Waals surface area contributed by atoms with E-state index in [9.17, 15) is 9.59 Å². The van der Waals surface area contributed by atoms with Crippen LogP contribution in [0.3, 0.4) is 0 Å². The van der Waals surface area contributed by atoms with Crippen molar-refractivity contribution in [2.75, 3.05) is 5.32 Å². The molecule has 0 unspecified atom stereocenters. The number of carbonyl (C=O) groups is 2. The summed E-state index contributed by atoms with van der Waals surface area (Å²) in [4.78, 5) is 27.1. The summed E-state index contributed by atoms with van der Waals surface area (Å²) in [7, 11) is 0. The predicted octanol–water partition coefficient (Wildman–Crippen LogP) is 1.02. The van der Waals surface area contributed by atoms with Crippen LogP contribution < -0.4 is 5.32 Å². The van der Waals surface area contributed by atoms with Gasteiger partial charge >= 0.3 is 0 Å². The lowest BCUT2D eigenvalue weighted by Crippen LogP contribution is -2.15. The molecule has 0 aliphatic carbocycles. The second-order valence-corrected chi connectivity index (χ2v) is 3.41. The molecule has 0 atom stereocenters. The highest BCUT2D eigenvalue weighted by atomic mass is 16.2. The molecule has 0 bridgehead atoms. The zero-order chi connectivity index (χ0) is 10.4. The Morgan fingerprint density at radius 3 is 3.07 bits per heavy atom. The SMILES string of the molecule is O=C1CC(=O)n2cnc3cccc(c32)N1. The highest BCUT2D eigenvalue weighted by Gasteiger charge is 2.21. The van der Waals surface area contributed by atoms with Crippen LogP contribution in [0.1, 0.15) is 11.2 Å². The first-order valence-corrected chi connectivity index (χ1v) is 4.55. The second-order valence-electron chi connectivity index (χ2n) is 3.41. The number of benzene rings is 1. The topological polar surface area (TPSA) is 64.0 Å². The van der Waals surface area contributed by atoms with Crippen molar-refractivity contribution in [3.05, 3.63) is 24.5 Å². The number of nitrogens with zero attached hydrogens (tertiary/aromatic N) is 2. The summed E-state index contributed by atoms with van der Waals surface area (Å²) in [6, 6.07) is 5.36. The first kappa shape index (κ1) is 8.16. The number of hydrogen-bond acceptors (Lipinski definition) is 3. The van der Waals surface area contributed by atoms with E-state index in [4.69, 9.17) is 0 Å². The van der Waals surface area contributed by atoms with Crippen LogP contribution in [-0.4, -0.2) is 21.4 Å². The van der Waals surface area contributed by atoms with E-state index in [0.717, 1.165) is 0 Å². The molecule has 1 aromatic carbocycles. The minimum Gasteiger partial charge on any atom is -0.324 e. The lowest BCUT2D eigenvalue weighted by molar-refractivity contribution is -0.115. The van der Waals surface area contributed by atoms with Gasteiger partial charge in [-0.15, -0.1) is 0 Å². The standard InChI is InChI=1S/C10H7N3O2/c14-8-4-9(15)13-5-11-6-2-1-3-7(12-8)10(6)13/h1-3,5H,4H2,(H,12,14). The van der Waals surface area contributed by atoms with Crippen LogP contribution in [0.15, 0.2) is 24.5 Å².